The van der Waals surface area contributed by atoms with Crippen molar-refractivity contribution in [2.75, 3.05) is 11.9 Å². The average molecular weight is 548 g/mol. The second kappa shape index (κ2) is 10.3. The summed E-state index contributed by atoms with van der Waals surface area (Å²) in [6, 6.07) is 9.34. The topological polar surface area (TPSA) is 143 Å². The van der Waals surface area contributed by atoms with E-state index in [1.165, 1.54) is 23.6 Å². The molecule has 0 atom stereocenters. The summed E-state index contributed by atoms with van der Waals surface area (Å²) in [7, 11) is 0. The van der Waals surface area contributed by atoms with Crippen LogP contribution in [0.15, 0.2) is 58.7 Å². The van der Waals surface area contributed by atoms with Crippen LogP contribution in [0.1, 0.15) is 27.8 Å². The third-order valence-electron chi connectivity index (χ3n) is 5.01. The van der Waals surface area contributed by atoms with E-state index in [1.807, 2.05) is 0 Å². The molecule has 0 fully saturated rings. The number of aromatic nitrogens is 2. The number of carbonyl (C=O) groups excluding carboxylic acids is 2. The largest absolute Gasteiger partial charge is 0.573 e. The van der Waals surface area contributed by atoms with E-state index in [2.05, 4.69) is 15.2 Å². The Morgan fingerprint density at radius 3 is 2.47 bits per heavy atom. The minimum atomic E-state index is -4.93. The zero-order valence-corrected chi connectivity index (χ0v) is 20.0. The fourth-order valence-electron chi connectivity index (χ4n) is 3.45. The number of esters is 1. The van der Waals surface area contributed by atoms with Gasteiger partial charge in [0.2, 0.25) is 0 Å². The maximum atomic E-state index is 13.4. The third-order valence-corrected chi connectivity index (χ3v) is 5.90. The first-order valence-electron chi connectivity index (χ1n) is 10.6. The van der Waals surface area contributed by atoms with Gasteiger partial charge in [0.25, 0.3) is 17.2 Å². The van der Waals surface area contributed by atoms with Gasteiger partial charge >= 0.3 is 12.3 Å². The molecule has 2 aromatic heterocycles. The van der Waals surface area contributed by atoms with Crippen LogP contribution in [-0.4, -0.2) is 39.5 Å². The van der Waals surface area contributed by atoms with Gasteiger partial charge in [0, 0.05) is 16.8 Å². The summed E-state index contributed by atoms with van der Waals surface area (Å²) >= 11 is 0.869. The Kier molecular flexibility index (Phi) is 7.12. The summed E-state index contributed by atoms with van der Waals surface area (Å²) in [5.74, 6) is -2.32. The number of fused-ring (bicyclic) bond motifs is 1. The van der Waals surface area contributed by atoms with Gasteiger partial charge in [-0.1, -0.05) is 12.1 Å². The van der Waals surface area contributed by atoms with Crippen LogP contribution in [-0.2, 0) is 4.74 Å². The van der Waals surface area contributed by atoms with E-state index in [9.17, 15) is 37.7 Å². The highest BCUT2D eigenvalue weighted by Gasteiger charge is 2.31. The minimum absolute atomic E-state index is 0.0147. The van der Waals surface area contributed by atoms with Gasteiger partial charge in [-0.2, -0.15) is 9.78 Å². The van der Waals surface area contributed by atoms with E-state index >= 15 is 0 Å². The van der Waals surface area contributed by atoms with Gasteiger partial charge in [-0.15, -0.1) is 24.5 Å². The van der Waals surface area contributed by atoms with E-state index < -0.39 is 40.2 Å². The Labute approximate surface area is 214 Å². The Bertz CT molecular complexity index is 1610. The molecule has 2 heterocycles. The normalized spacial score (nSPS) is 11.3. The van der Waals surface area contributed by atoms with Crippen molar-refractivity contribution in [3.05, 3.63) is 85.6 Å². The number of hydrogen-bond donors (Lipinski definition) is 1. The number of hydrogen-bond acceptors (Lipinski definition) is 9. The van der Waals surface area contributed by atoms with Crippen LogP contribution in [0, 0.1) is 10.1 Å². The zero-order valence-electron chi connectivity index (χ0n) is 19.1. The molecular weight excluding hydrogens is 533 g/mol. The number of thiophene rings is 1. The van der Waals surface area contributed by atoms with Gasteiger partial charge < -0.3 is 14.8 Å². The van der Waals surface area contributed by atoms with Crippen molar-refractivity contribution >= 4 is 44.7 Å². The molecule has 0 spiro atoms. The van der Waals surface area contributed by atoms with Gasteiger partial charge in [0.05, 0.1) is 22.6 Å². The predicted octanol–water partition coefficient (Wildman–Crippen LogP) is 4.68. The molecule has 196 valence electrons. The molecule has 0 aliphatic carbocycles. The Morgan fingerprint density at radius 2 is 1.84 bits per heavy atom. The summed E-state index contributed by atoms with van der Waals surface area (Å²) < 4.78 is 47.1. The van der Waals surface area contributed by atoms with Crippen LogP contribution < -0.4 is 15.6 Å². The van der Waals surface area contributed by atoms with E-state index in [0.29, 0.717) is 0 Å². The molecule has 0 saturated carbocycles. The SMILES string of the molecule is CCOC(=O)c1nn(-c2ccc(OC(F)(F)F)cc2)c(=O)c2c(NC(=O)c3ccccc3[N+](=O)[O-])scc12. The fraction of sp³-hybridized carbons (Fsp3) is 0.130. The van der Waals surface area contributed by atoms with Gasteiger partial charge in [-0.3, -0.25) is 19.7 Å². The molecule has 15 heteroatoms. The molecule has 0 unspecified atom stereocenters. The number of para-hydroxylation sites is 1. The molecule has 1 N–H and O–H groups in total. The monoisotopic (exact) mass is 548 g/mol. The van der Waals surface area contributed by atoms with Crippen molar-refractivity contribution in [1.82, 2.24) is 9.78 Å². The van der Waals surface area contributed by atoms with Crippen LogP contribution in [0.25, 0.3) is 16.5 Å². The Balaban J connectivity index is 1.84. The fourth-order valence-corrected chi connectivity index (χ4v) is 4.38. The smallest absolute Gasteiger partial charge is 0.461 e. The number of amides is 1. The number of alkyl halides is 3. The number of nitro groups is 1. The van der Waals surface area contributed by atoms with Crippen molar-refractivity contribution in [3.8, 4) is 11.4 Å². The molecule has 1 amide bonds. The van der Waals surface area contributed by atoms with Crippen LogP contribution in [0.3, 0.4) is 0 Å². The molecule has 0 saturated heterocycles. The first kappa shape index (κ1) is 26.3. The maximum Gasteiger partial charge on any atom is 0.573 e. The lowest BCUT2D eigenvalue weighted by Gasteiger charge is -2.12. The summed E-state index contributed by atoms with van der Waals surface area (Å²) in [6.07, 6.45) is -4.93. The van der Waals surface area contributed by atoms with E-state index in [0.717, 1.165) is 46.4 Å². The molecule has 0 aliphatic rings. The number of anilines is 1. The molecule has 0 radical (unpaired) electrons. The van der Waals surface area contributed by atoms with Crippen LogP contribution in [0.2, 0.25) is 0 Å². The Morgan fingerprint density at radius 1 is 1.16 bits per heavy atom. The van der Waals surface area contributed by atoms with Gasteiger partial charge in [0.15, 0.2) is 5.69 Å². The molecule has 38 heavy (non-hydrogen) atoms. The number of rotatable bonds is 7. The summed E-state index contributed by atoms with van der Waals surface area (Å²) in [5, 5.41) is 19.1. The standard InChI is InChI=1S/C23H15F3N4O7S/c1-2-36-22(33)18-15-11-38-20(27-19(31)14-5-3-4-6-16(14)30(34)35)17(15)21(32)29(28-18)12-7-9-13(10-8-12)37-23(24,25)26/h3-11H,2H2,1H3,(H,27,31). The van der Waals surface area contributed by atoms with Crippen LogP contribution in [0.5, 0.6) is 5.75 Å². The highest BCUT2D eigenvalue weighted by molar-refractivity contribution is 7.16. The number of nitrogens with zero attached hydrogens (tertiary/aromatic N) is 3. The maximum absolute atomic E-state index is 13.4. The molecule has 2 aromatic carbocycles. The molecule has 0 aliphatic heterocycles. The molecular formula is C23H15F3N4O7S. The van der Waals surface area contributed by atoms with Gasteiger partial charge in [-0.05, 0) is 37.3 Å². The number of halogens is 3. The van der Waals surface area contributed by atoms with Gasteiger partial charge in [0.1, 0.15) is 16.3 Å². The summed E-state index contributed by atoms with van der Waals surface area (Å²) in [4.78, 5) is 49.5. The number of benzene rings is 2. The molecule has 4 aromatic rings. The number of nitro benzene ring substituents is 1. The second-order valence-corrected chi connectivity index (χ2v) is 8.29. The zero-order chi connectivity index (χ0) is 27.6. The minimum Gasteiger partial charge on any atom is -0.461 e. The molecule has 0 bridgehead atoms. The second-order valence-electron chi connectivity index (χ2n) is 7.41. The summed E-state index contributed by atoms with van der Waals surface area (Å²) in [5.41, 5.74) is -1.85. The number of nitrogens with one attached hydrogen (secondary N) is 1. The van der Waals surface area contributed by atoms with E-state index in [1.54, 1.807) is 6.92 Å². The first-order valence-corrected chi connectivity index (χ1v) is 11.5. The predicted molar refractivity (Wildman–Crippen MR) is 129 cm³/mol. The van der Waals surface area contributed by atoms with Crippen molar-refractivity contribution in [3.63, 3.8) is 0 Å². The lowest BCUT2D eigenvalue weighted by atomic mass is 10.1. The van der Waals surface area contributed by atoms with Crippen LogP contribution in [0.4, 0.5) is 23.9 Å². The lowest BCUT2D eigenvalue weighted by Crippen LogP contribution is -2.25. The van der Waals surface area contributed by atoms with E-state index in [-0.39, 0.29) is 39.3 Å². The highest BCUT2D eigenvalue weighted by atomic mass is 32.1. The highest BCUT2D eigenvalue weighted by Crippen LogP contribution is 2.32. The average Bonchev–Trinajstić information content (AvgIpc) is 3.28. The van der Waals surface area contributed by atoms with Gasteiger partial charge in [-0.25, -0.2) is 4.79 Å². The first-order chi connectivity index (χ1) is 18.0. The van der Waals surface area contributed by atoms with Crippen molar-refractivity contribution in [2.24, 2.45) is 0 Å². The van der Waals surface area contributed by atoms with Crippen molar-refractivity contribution in [2.45, 2.75) is 13.3 Å². The lowest BCUT2D eigenvalue weighted by molar-refractivity contribution is -0.385. The van der Waals surface area contributed by atoms with E-state index in [4.69, 9.17) is 4.74 Å². The molecule has 11 nitrogen and oxygen atoms in total. The third kappa shape index (κ3) is 5.31. The number of ether oxygens (including phenoxy) is 2. The molecule has 4 rings (SSSR count). The van der Waals surface area contributed by atoms with Crippen molar-refractivity contribution < 1.29 is 37.2 Å². The quantitative estimate of drug-likeness (QED) is 0.199. The van der Waals surface area contributed by atoms with Crippen molar-refractivity contribution in [1.29, 1.82) is 0 Å². The number of carbonyl (C=O) groups is 2. The summed E-state index contributed by atoms with van der Waals surface area (Å²) in [6.45, 7) is 1.53. The Hall–Kier alpha value is -4.79. The van der Waals surface area contributed by atoms with Crippen LogP contribution >= 0.6 is 11.3 Å².